The molecule has 0 aliphatic carbocycles. The van der Waals surface area contributed by atoms with Gasteiger partial charge in [-0.2, -0.15) is 0 Å². The Morgan fingerprint density at radius 1 is 1.43 bits per heavy atom. The van der Waals surface area contributed by atoms with E-state index in [0.717, 1.165) is 18.7 Å². The number of benzene rings is 1. The lowest BCUT2D eigenvalue weighted by Gasteiger charge is -2.28. The number of carbonyl (C=O) groups excluding carboxylic acids is 1. The number of hydrogen-bond acceptors (Lipinski definition) is 3. The molecule has 0 bridgehead atoms. The van der Waals surface area contributed by atoms with E-state index < -0.39 is 0 Å². The van der Waals surface area contributed by atoms with Crippen LogP contribution in [0.4, 0.5) is 5.69 Å². The SMILES string of the molecule is CCC(=O)N1c2ccccc2C[C@H]1CNC(C)[C@H](C)OC. The van der Waals surface area contributed by atoms with Crippen molar-refractivity contribution in [3.63, 3.8) is 0 Å². The Labute approximate surface area is 127 Å². The fourth-order valence-electron chi connectivity index (χ4n) is 2.82. The van der Waals surface area contributed by atoms with Crippen LogP contribution in [0.2, 0.25) is 0 Å². The normalized spacial score (nSPS) is 20.2. The van der Waals surface area contributed by atoms with Crippen molar-refractivity contribution in [2.75, 3.05) is 18.6 Å². The van der Waals surface area contributed by atoms with Crippen LogP contribution in [-0.2, 0) is 16.0 Å². The first-order valence-electron chi connectivity index (χ1n) is 7.74. The highest BCUT2D eigenvalue weighted by Crippen LogP contribution is 2.32. The van der Waals surface area contributed by atoms with E-state index in [1.807, 2.05) is 30.0 Å². The van der Waals surface area contributed by atoms with Gasteiger partial charge in [-0.3, -0.25) is 4.79 Å². The van der Waals surface area contributed by atoms with E-state index in [0.29, 0.717) is 6.42 Å². The average molecular weight is 290 g/mol. The number of nitrogens with one attached hydrogen (secondary N) is 1. The van der Waals surface area contributed by atoms with Gasteiger partial charge >= 0.3 is 0 Å². The Balaban J connectivity index is 2.08. The predicted octanol–water partition coefficient (Wildman–Crippen LogP) is 2.37. The van der Waals surface area contributed by atoms with Gasteiger partial charge in [0.25, 0.3) is 0 Å². The van der Waals surface area contributed by atoms with Crippen LogP contribution in [0, 0.1) is 0 Å². The summed E-state index contributed by atoms with van der Waals surface area (Å²) in [7, 11) is 1.72. The molecule has 0 saturated carbocycles. The fraction of sp³-hybridized carbons (Fsp3) is 0.588. The minimum Gasteiger partial charge on any atom is -0.380 e. The molecule has 1 heterocycles. The maximum absolute atomic E-state index is 12.3. The van der Waals surface area contributed by atoms with Gasteiger partial charge in [-0.1, -0.05) is 25.1 Å². The predicted molar refractivity (Wildman–Crippen MR) is 85.6 cm³/mol. The van der Waals surface area contributed by atoms with Crippen molar-refractivity contribution in [2.45, 2.75) is 51.8 Å². The largest absolute Gasteiger partial charge is 0.380 e. The van der Waals surface area contributed by atoms with Crippen molar-refractivity contribution in [3.05, 3.63) is 29.8 Å². The number of amides is 1. The van der Waals surface area contributed by atoms with Gasteiger partial charge in [0.2, 0.25) is 5.91 Å². The number of fused-ring (bicyclic) bond motifs is 1. The quantitative estimate of drug-likeness (QED) is 0.874. The molecule has 4 nitrogen and oxygen atoms in total. The lowest BCUT2D eigenvalue weighted by atomic mass is 10.1. The monoisotopic (exact) mass is 290 g/mol. The van der Waals surface area contributed by atoms with Gasteiger partial charge in [0.1, 0.15) is 0 Å². The molecule has 3 atom stereocenters. The molecule has 1 amide bonds. The number of ether oxygens (including phenoxy) is 1. The number of methoxy groups -OCH3 is 1. The fourth-order valence-corrected chi connectivity index (χ4v) is 2.82. The summed E-state index contributed by atoms with van der Waals surface area (Å²) in [6.45, 7) is 6.87. The Hall–Kier alpha value is -1.39. The van der Waals surface area contributed by atoms with Gasteiger partial charge in [-0.25, -0.2) is 0 Å². The van der Waals surface area contributed by atoms with E-state index in [4.69, 9.17) is 4.74 Å². The van der Waals surface area contributed by atoms with Crippen LogP contribution in [0.1, 0.15) is 32.8 Å². The van der Waals surface area contributed by atoms with Crippen molar-refractivity contribution in [1.82, 2.24) is 5.32 Å². The van der Waals surface area contributed by atoms with E-state index in [9.17, 15) is 4.79 Å². The highest BCUT2D eigenvalue weighted by atomic mass is 16.5. The van der Waals surface area contributed by atoms with Gasteiger partial charge in [0.15, 0.2) is 0 Å². The molecule has 0 fully saturated rings. The van der Waals surface area contributed by atoms with Crippen LogP contribution in [0.25, 0.3) is 0 Å². The smallest absolute Gasteiger partial charge is 0.227 e. The molecule has 0 radical (unpaired) electrons. The molecule has 0 saturated heterocycles. The van der Waals surface area contributed by atoms with Crippen molar-refractivity contribution >= 4 is 11.6 Å². The molecule has 1 N–H and O–H groups in total. The topological polar surface area (TPSA) is 41.6 Å². The number of hydrogen-bond donors (Lipinski definition) is 1. The first-order valence-corrected chi connectivity index (χ1v) is 7.74. The molecule has 1 aliphatic heterocycles. The molecule has 1 aliphatic rings. The molecule has 21 heavy (non-hydrogen) atoms. The van der Waals surface area contributed by atoms with Gasteiger partial charge in [0.05, 0.1) is 12.1 Å². The summed E-state index contributed by atoms with van der Waals surface area (Å²) in [5.41, 5.74) is 2.34. The standard InChI is InChI=1S/C17H26N2O2/c1-5-17(20)19-15(11-18-12(2)13(3)21-4)10-14-8-6-7-9-16(14)19/h6-9,12-13,15,18H,5,10-11H2,1-4H3/t12?,13-,15-/m0/s1. The second-order valence-electron chi connectivity index (χ2n) is 5.74. The van der Waals surface area contributed by atoms with Crippen LogP contribution in [-0.4, -0.2) is 37.7 Å². The lowest BCUT2D eigenvalue weighted by Crippen LogP contribution is -2.47. The van der Waals surface area contributed by atoms with E-state index >= 15 is 0 Å². The van der Waals surface area contributed by atoms with Crippen LogP contribution in [0.15, 0.2) is 24.3 Å². The summed E-state index contributed by atoms with van der Waals surface area (Å²) in [4.78, 5) is 14.3. The zero-order valence-electron chi connectivity index (χ0n) is 13.4. The Morgan fingerprint density at radius 2 is 2.14 bits per heavy atom. The number of rotatable bonds is 6. The van der Waals surface area contributed by atoms with E-state index in [1.165, 1.54) is 5.56 Å². The first kappa shape index (κ1) is 16.0. The summed E-state index contributed by atoms with van der Waals surface area (Å²) < 4.78 is 5.34. The third-order valence-corrected chi connectivity index (χ3v) is 4.39. The molecule has 0 aromatic heterocycles. The summed E-state index contributed by atoms with van der Waals surface area (Å²) in [6, 6.07) is 8.66. The third-order valence-electron chi connectivity index (χ3n) is 4.39. The van der Waals surface area contributed by atoms with Crippen molar-refractivity contribution in [1.29, 1.82) is 0 Å². The Kier molecular flexibility index (Phi) is 5.37. The number of carbonyl (C=O) groups is 1. The van der Waals surface area contributed by atoms with Crippen LogP contribution in [0.3, 0.4) is 0 Å². The van der Waals surface area contributed by atoms with E-state index in [1.54, 1.807) is 7.11 Å². The number of nitrogens with zero attached hydrogens (tertiary/aromatic N) is 1. The molecular weight excluding hydrogens is 264 g/mol. The molecule has 1 aromatic carbocycles. The molecule has 4 heteroatoms. The molecule has 0 spiro atoms. The number of para-hydroxylation sites is 1. The van der Waals surface area contributed by atoms with E-state index in [2.05, 4.69) is 25.2 Å². The second-order valence-corrected chi connectivity index (χ2v) is 5.74. The summed E-state index contributed by atoms with van der Waals surface area (Å²) in [6.07, 6.45) is 1.61. The Morgan fingerprint density at radius 3 is 2.81 bits per heavy atom. The maximum Gasteiger partial charge on any atom is 0.227 e. The lowest BCUT2D eigenvalue weighted by molar-refractivity contribution is -0.118. The van der Waals surface area contributed by atoms with Gasteiger partial charge in [0, 0.05) is 31.8 Å². The van der Waals surface area contributed by atoms with E-state index in [-0.39, 0.29) is 24.1 Å². The molecule has 1 aromatic rings. The van der Waals surface area contributed by atoms with Gasteiger partial charge in [-0.05, 0) is 31.9 Å². The van der Waals surface area contributed by atoms with Gasteiger partial charge in [-0.15, -0.1) is 0 Å². The molecule has 2 rings (SSSR count). The minimum atomic E-state index is 0.157. The first-order chi connectivity index (χ1) is 10.1. The van der Waals surface area contributed by atoms with Crippen LogP contribution in [0.5, 0.6) is 0 Å². The second kappa shape index (κ2) is 7.05. The minimum absolute atomic E-state index is 0.157. The maximum atomic E-state index is 12.3. The zero-order valence-corrected chi connectivity index (χ0v) is 13.4. The van der Waals surface area contributed by atoms with Gasteiger partial charge < -0.3 is 15.0 Å². The summed E-state index contributed by atoms with van der Waals surface area (Å²) >= 11 is 0. The highest BCUT2D eigenvalue weighted by Gasteiger charge is 2.32. The molecular formula is C17H26N2O2. The van der Waals surface area contributed by atoms with Crippen molar-refractivity contribution in [2.24, 2.45) is 0 Å². The highest BCUT2D eigenvalue weighted by molar-refractivity contribution is 5.96. The molecule has 116 valence electrons. The van der Waals surface area contributed by atoms with Crippen LogP contribution >= 0.6 is 0 Å². The summed E-state index contributed by atoms with van der Waals surface area (Å²) in [5, 5.41) is 3.50. The van der Waals surface area contributed by atoms with Crippen molar-refractivity contribution in [3.8, 4) is 0 Å². The Bertz CT molecular complexity index is 489. The number of anilines is 1. The van der Waals surface area contributed by atoms with Crippen LogP contribution < -0.4 is 10.2 Å². The third kappa shape index (κ3) is 3.44. The summed E-state index contributed by atoms with van der Waals surface area (Å²) in [5.74, 6) is 0.194. The average Bonchev–Trinajstić information content (AvgIpc) is 2.89. The molecule has 1 unspecified atom stereocenters. The zero-order chi connectivity index (χ0) is 15.4. The van der Waals surface area contributed by atoms with Crippen molar-refractivity contribution < 1.29 is 9.53 Å².